The molecule has 0 aromatic heterocycles. The normalized spacial score (nSPS) is 10.3. The summed E-state index contributed by atoms with van der Waals surface area (Å²) in [6.45, 7) is 0.00939. The van der Waals surface area contributed by atoms with Crippen LogP contribution in [0.3, 0.4) is 0 Å². The van der Waals surface area contributed by atoms with Crippen LogP contribution in [0.1, 0.15) is 64.2 Å². The predicted octanol–water partition coefficient (Wildman–Crippen LogP) is 2.62. The smallest absolute Gasteiger partial charge is 0.305 e. The summed E-state index contributed by atoms with van der Waals surface area (Å²) >= 11 is 0. The van der Waals surface area contributed by atoms with Gasteiger partial charge >= 0.3 is 5.97 Å². The SMILES string of the molecule is O=CCCCCCCCCCCC(=O)OCCO. The molecule has 0 fully saturated rings. The van der Waals surface area contributed by atoms with Gasteiger partial charge in [-0.2, -0.15) is 0 Å². The van der Waals surface area contributed by atoms with Crippen molar-refractivity contribution in [2.75, 3.05) is 13.2 Å². The average molecular weight is 258 g/mol. The van der Waals surface area contributed by atoms with Crippen LogP contribution in [0.2, 0.25) is 0 Å². The Balaban J connectivity index is 3.06. The molecule has 0 spiro atoms. The van der Waals surface area contributed by atoms with Gasteiger partial charge in [0.2, 0.25) is 0 Å². The summed E-state index contributed by atoms with van der Waals surface area (Å²) in [5, 5.41) is 8.46. The summed E-state index contributed by atoms with van der Waals surface area (Å²) in [6.07, 6.45) is 11.0. The predicted molar refractivity (Wildman–Crippen MR) is 70.3 cm³/mol. The van der Waals surface area contributed by atoms with Crippen LogP contribution in [0, 0.1) is 0 Å². The van der Waals surface area contributed by atoms with E-state index >= 15 is 0 Å². The molecule has 1 N–H and O–H groups in total. The molecule has 0 bridgehead atoms. The highest BCUT2D eigenvalue weighted by Crippen LogP contribution is 2.10. The highest BCUT2D eigenvalue weighted by Gasteiger charge is 2.01. The molecule has 0 heterocycles. The third-order valence-corrected chi connectivity index (χ3v) is 2.81. The van der Waals surface area contributed by atoms with Gasteiger partial charge in [0.1, 0.15) is 12.9 Å². The van der Waals surface area contributed by atoms with Crippen LogP contribution in [-0.4, -0.2) is 30.6 Å². The molecule has 0 rings (SSSR count). The number of carbonyl (C=O) groups is 2. The number of carbonyl (C=O) groups excluding carboxylic acids is 2. The second kappa shape index (κ2) is 14.2. The number of unbranched alkanes of at least 4 members (excludes halogenated alkanes) is 8. The van der Waals surface area contributed by atoms with Gasteiger partial charge in [0.15, 0.2) is 0 Å². The lowest BCUT2D eigenvalue weighted by atomic mass is 10.1. The van der Waals surface area contributed by atoms with Crippen LogP contribution in [0.4, 0.5) is 0 Å². The van der Waals surface area contributed by atoms with E-state index in [1.807, 2.05) is 0 Å². The number of aliphatic hydroxyl groups is 1. The summed E-state index contributed by atoms with van der Waals surface area (Å²) in [5.41, 5.74) is 0. The zero-order chi connectivity index (χ0) is 13.5. The maximum atomic E-state index is 11.1. The Morgan fingerprint density at radius 3 is 2.06 bits per heavy atom. The highest BCUT2D eigenvalue weighted by molar-refractivity contribution is 5.69. The molecular weight excluding hydrogens is 232 g/mol. The quantitative estimate of drug-likeness (QED) is 0.313. The molecule has 0 aliphatic rings. The maximum absolute atomic E-state index is 11.1. The first kappa shape index (κ1) is 17.1. The fourth-order valence-electron chi connectivity index (χ4n) is 1.79. The minimum atomic E-state index is -0.210. The van der Waals surface area contributed by atoms with Gasteiger partial charge in [-0.15, -0.1) is 0 Å². The van der Waals surface area contributed by atoms with E-state index in [-0.39, 0.29) is 19.2 Å². The van der Waals surface area contributed by atoms with E-state index in [0.717, 1.165) is 38.4 Å². The van der Waals surface area contributed by atoms with Crippen molar-refractivity contribution in [3.63, 3.8) is 0 Å². The van der Waals surface area contributed by atoms with E-state index in [2.05, 4.69) is 0 Å². The summed E-state index contributed by atoms with van der Waals surface area (Å²) in [7, 11) is 0. The van der Waals surface area contributed by atoms with Gasteiger partial charge in [0, 0.05) is 12.8 Å². The summed E-state index contributed by atoms with van der Waals surface area (Å²) in [4.78, 5) is 21.2. The zero-order valence-corrected chi connectivity index (χ0v) is 11.2. The molecular formula is C14H26O4. The van der Waals surface area contributed by atoms with Crippen molar-refractivity contribution in [2.24, 2.45) is 0 Å². The fourth-order valence-corrected chi connectivity index (χ4v) is 1.79. The van der Waals surface area contributed by atoms with E-state index in [1.54, 1.807) is 0 Å². The lowest BCUT2D eigenvalue weighted by Crippen LogP contribution is -2.07. The minimum absolute atomic E-state index is 0.101. The molecule has 0 aromatic carbocycles. The summed E-state index contributed by atoms with van der Waals surface area (Å²) in [6, 6.07) is 0. The highest BCUT2D eigenvalue weighted by atomic mass is 16.5. The molecule has 4 nitrogen and oxygen atoms in total. The standard InChI is InChI=1S/C14H26O4/c15-11-9-7-5-3-1-2-4-6-8-10-14(17)18-13-12-16/h11,16H,1-10,12-13H2. The first-order chi connectivity index (χ1) is 8.81. The molecule has 0 radical (unpaired) electrons. The van der Waals surface area contributed by atoms with Crippen LogP contribution in [0.15, 0.2) is 0 Å². The number of hydrogen-bond acceptors (Lipinski definition) is 4. The lowest BCUT2D eigenvalue weighted by Gasteiger charge is -2.03. The Hall–Kier alpha value is -0.900. The zero-order valence-electron chi connectivity index (χ0n) is 11.2. The fraction of sp³-hybridized carbons (Fsp3) is 0.857. The maximum Gasteiger partial charge on any atom is 0.305 e. The van der Waals surface area contributed by atoms with E-state index in [9.17, 15) is 9.59 Å². The van der Waals surface area contributed by atoms with Gasteiger partial charge < -0.3 is 14.6 Å². The van der Waals surface area contributed by atoms with Crippen molar-refractivity contribution in [3.8, 4) is 0 Å². The molecule has 0 saturated carbocycles. The molecule has 106 valence electrons. The molecule has 0 aliphatic heterocycles. The molecule has 0 aromatic rings. The first-order valence-electron chi connectivity index (χ1n) is 7.01. The van der Waals surface area contributed by atoms with E-state index in [1.165, 1.54) is 19.3 Å². The summed E-state index contributed by atoms with van der Waals surface area (Å²) in [5.74, 6) is -0.210. The van der Waals surface area contributed by atoms with E-state index in [0.29, 0.717) is 12.8 Å². The van der Waals surface area contributed by atoms with E-state index < -0.39 is 0 Å². The van der Waals surface area contributed by atoms with Crippen LogP contribution < -0.4 is 0 Å². The largest absolute Gasteiger partial charge is 0.463 e. The molecule has 18 heavy (non-hydrogen) atoms. The summed E-state index contributed by atoms with van der Waals surface area (Å²) < 4.78 is 4.76. The van der Waals surface area contributed by atoms with Gasteiger partial charge in [-0.25, -0.2) is 0 Å². The Kier molecular flexibility index (Phi) is 13.5. The van der Waals surface area contributed by atoms with Crippen molar-refractivity contribution in [3.05, 3.63) is 0 Å². The van der Waals surface area contributed by atoms with Crippen molar-refractivity contribution in [2.45, 2.75) is 64.2 Å². The number of hydrogen-bond donors (Lipinski definition) is 1. The number of aldehydes is 1. The lowest BCUT2D eigenvalue weighted by molar-refractivity contribution is -0.144. The molecule has 0 saturated heterocycles. The minimum Gasteiger partial charge on any atom is -0.463 e. The molecule has 0 aliphatic carbocycles. The van der Waals surface area contributed by atoms with Crippen molar-refractivity contribution in [1.29, 1.82) is 0 Å². The van der Waals surface area contributed by atoms with Crippen molar-refractivity contribution >= 4 is 12.3 Å². The number of ether oxygens (including phenoxy) is 1. The topological polar surface area (TPSA) is 63.6 Å². The van der Waals surface area contributed by atoms with Crippen molar-refractivity contribution in [1.82, 2.24) is 0 Å². The van der Waals surface area contributed by atoms with Gasteiger partial charge in [-0.05, 0) is 12.8 Å². The van der Waals surface area contributed by atoms with Crippen LogP contribution >= 0.6 is 0 Å². The third-order valence-electron chi connectivity index (χ3n) is 2.81. The van der Waals surface area contributed by atoms with Gasteiger partial charge in [-0.1, -0.05) is 38.5 Å². The second-order valence-electron chi connectivity index (χ2n) is 4.48. The third kappa shape index (κ3) is 13.2. The van der Waals surface area contributed by atoms with Crippen LogP contribution in [-0.2, 0) is 14.3 Å². The Morgan fingerprint density at radius 2 is 1.50 bits per heavy atom. The van der Waals surface area contributed by atoms with Crippen molar-refractivity contribution < 1.29 is 19.4 Å². The molecule has 4 heteroatoms. The van der Waals surface area contributed by atoms with Crippen LogP contribution in [0.5, 0.6) is 0 Å². The average Bonchev–Trinajstić information content (AvgIpc) is 2.38. The van der Waals surface area contributed by atoms with Gasteiger partial charge in [-0.3, -0.25) is 4.79 Å². The monoisotopic (exact) mass is 258 g/mol. The number of esters is 1. The number of rotatable bonds is 13. The Labute approximate surface area is 110 Å². The number of aliphatic hydroxyl groups excluding tert-OH is 1. The van der Waals surface area contributed by atoms with E-state index in [4.69, 9.17) is 9.84 Å². The Morgan fingerprint density at radius 1 is 0.944 bits per heavy atom. The first-order valence-corrected chi connectivity index (χ1v) is 7.01. The van der Waals surface area contributed by atoms with Crippen LogP contribution in [0.25, 0.3) is 0 Å². The molecule has 0 atom stereocenters. The Bertz CT molecular complexity index is 204. The van der Waals surface area contributed by atoms with Gasteiger partial charge in [0.05, 0.1) is 6.61 Å². The van der Waals surface area contributed by atoms with Gasteiger partial charge in [0.25, 0.3) is 0 Å². The molecule has 0 unspecified atom stereocenters. The second-order valence-corrected chi connectivity index (χ2v) is 4.48. The molecule has 0 amide bonds.